The highest BCUT2D eigenvalue weighted by atomic mass is 16.6. The molecular formula is C16H32N2O3. The maximum Gasteiger partial charge on any atom is 0.407 e. The van der Waals surface area contributed by atoms with Crippen molar-refractivity contribution in [2.24, 2.45) is 11.3 Å². The van der Waals surface area contributed by atoms with Crippen LogP contribution in [0.5, 0.6) is 0 Å². The lowest BCUT2D eigenvalue weighted by Crippen LogP contribution is -2.47. The molecule has 1 amide bonds. The summed E-state index contributed by atoms with van der Waals surface area (Å²) in [7, 11) is 0. The fraction of sp³-hybridized carbons (Fsp3) is 0.938. The Kier molecular flexibility index (Phi) is 6.47. The number of aliphatic hydroxyl groups excluding tert-OH is 1. The third-order valence-corrected chi connectivity index (χ3v) is 4.08. The lowest BCUT2D eigenvalue weighted by Gasteiger charge is -2.29. The molecule has 0 aromatic rings. The monoisotopic (exact) mass is 300 g/mol. The van der Waals surface area contributed by atoms with Crippen molar-refractivity contribution in [2.75, 3.05) is 19.7 Å². The first-order chi connectivity index (χ1) is 9.69. The molecule has 2 unspecified atom stereocenters. The summed E-state index contributed by atoms with van der Waals surface area (Å²) in [5.74, 6) is 0.625. The number of aliphatic hydroxyl groups is 1. The van der Waals surface area contributed by atoms with Crippen molar-refractivity contribution in [3.8, 4) is 0 Å². The average Bonchev–Trinajstić information content (AvgIpc) is 3.20. The number of amides is 1. The van der Waals surface area contributed by atoms with Gasteiger partial charge in [-0.2, -0.15) is 0 Å². The van der Waals surface area contributed by atoms with Gasteiger partial charge in [0.25, 0.3) is 0 Å². The molecule has 5 nitrogen and oxygen atoms in total. The van der Waals surface area contributed by atoms with Gasteiger partial charge in [-0.1, -0.05) is 13.8 Å². The third-order valence-electron chi connectivity index (χ3n) is 4.08. The Balaban J connectivity index is 2.39. The van der Waals surface area contributed by atoms with E-state index in [0.717, 1.165) is 13.0 Å². The number of nitrogens with one attached hydrogen (secondary N) is 2. The quantitative estimate of drug-likeness (QED) is 0.643. The number of alkyl carbamates (subject to hydrolysis) is 1. The number of ether oxygens (including phenoxy) is 1. The van der Waals surface area contributed by atoms with E-state index in [1.807, 2.05) is 20.8 Å². The van der Waals surface area contributed by atoms with Gasteiger partial charge in [0.1, 0.15) is 5.60 Å². The molecule has 1 saturated carbocycles. The molecule has 0 heterocycles. The first-order valence-corrected chi connectivity index (χ1v) is 8.00. The van der Waals surface area contributed by atoms with Crippen LogP contribution in [0.4, 0.5) is 4.79 Å². The molecule has 0 bridgehead atoms. The zero-order valence-electron chi connectivity index (χ0n) is 14.2. The summed E-state index contributed by atoms with van der Waals surface area (Å²) < 4.78 is 5.26. The molecule has 0 aromatic carbocycles. The van der Waals surface area contributed by atoms with Gasteiger partial charge in [0, 0.05) is 31.2 Å². The highest BCUT2D eigenvalue weighted by molar-refractivity contribution is 5.67. The average molecular weight is 300 g/mol. The maximum absolute atomic E-state index is 11.7. The molecule has 21 heavy (non-hydrogen) atoms. The molecule has 1 fully saturated rings. The third kappa shape index (κ3) is 7.14. The minimum Gasteiger partial charge on any atom is -0.444 e. The van der Waals surface area contributed by atoms with Crippen LogP contribution in [-0.2, 0) is 4.74 Å². The van der Waals surface area contributed by atoms with E-state index in [1.54, 1.807) is 0 Å². The van der Waals surface area contributed by atoms with Crippen molar-refractivity contribution in [1.82, 2.24) is 10.6 Å². The molecule has 0 aromatic heterocycles. The van der Waals surface area contributed by atoms with E-state index in [0.29, 0.717) is 12.5 Å². The van der Waals surface area contributed by atoms with Gasteiger partial charge in [0.15, 0.2) is 0 Å². The second-order valence-electron chi connectivity index (χ2n) is 7.53. The van der Waals surface area contributed by atoms with Gasteiger partial charge in [0.05, 0.1) is 0 Å². The summed E-state index contributed by atoms with van der Waals surface area (Å²) in [4.78, 5) is 11.7. The van der Waals surface area contributed by atoms with E-state index in [9.17, 15) is 9.90 Å². The van der Waals surface area contributed by atoms with Crippen LogP contribution in [0.25, 0.3) is 0 Å². The standard InChI is InChI=1S/C16H32N2O3/c1-6-16(5,11-19)10-18-13(12-7-8-12)9-17-14(20)21-15(2,3)4/h12-13,18-19H,6-11H2,1-5H3,(H,17,20). The van der Waals surface area contributed by atoms with Crippen molar-refractivity contribution in [3.63, 3.8) is 0 Å². The van der Waals surface area contributed by atoms with Crippen LogP contribution in [0.1, 0.15) is 53.9 Å². The SMILES string of the molecule is CCC(C)(CO)CNC(CNC(=O)OC(C)(C)C)C1CC1. The van der Waals surface area contributed by atoms with Gasteiger partial charge in [0.2, 0.25) is 0 Å². The van der Waals surface area contributed by atoms with Crippen molar-refractivity contribution in [2.45, 2.75) is 65.5 Å². The lowest BCUT2D eigenvalue weighted by atomic mass is 9.88. The van der Waals surface area contributed by atoms with Crippen molar-refractivity contribution < 1.29 is 14.6 Å². The largest absolute Gasteiger partial charge is 0.444 e. The fourth-order valence-corrected chi connectivity index (χ4v) is 2.08. The van der Waals surface area contributed by atoms with E-state index in [2.05, 4.69) is 24.5 Å². The van der Waals surface area contributed by atoms with Gasteiger partial charge >= 0.3 is 6.09 Å². The van der Waals surface area contributed by atoms with E-state index in [4.69, 9.17) is 4.74 Å². The first-order valence-electron chi connectivity index (χ1n) is 8.00. The molecule has 0 saturated heterocycles. The van der Waals surface area contributed by atoms with Gasteiger partial charge in [-0.25, -0.2) is 4.79 Å². The number of hydrogen-bond acceptors (Lipinski definition) is 4. The summed E-state index contributed by atoms with van der Waals surface area (Å²) in [6.07, 6.45) is 2.97. The van der Waals surface area contributed by atoms with E-state index in [-0.39, 0.29) is 24.2 Å². The van der Waals surface area contributed by atoms with Crippen LogP contribution in [0.2, 0.25) is 0 Å². The summed E-state index contributed by atoms with van der Waals surface area (Å²) in [6, 6.07) is 0.259. The predicted octanol–water partition coefficient (Wildman–Crippen LogP) is 2.29. The topological polar surface area (TPSA) is 70.6 Å². The van der Waals surface area contributed by atoms with Crippen LogP contribution >= 0.6 is 0 Å². The van der Waals surface area contributed by atoms with Gasteiger partial charge in [-0.05, 0) is 46.0 Å². The van der Waals surface area contributed by atoms with Gasteiger partial charge in [-0.3, -0.25) is 0 Å². The molecule has 2 atom stereocenters. The Morgan fingerprint density at radius 2 is 1.95 bits per heavy atom. The van der Waals surface area contributed by atoms with Gasteiger partial charge < -0.3 is 20.5 Å². The Morgan fingerprint density at radius 1 is 1.33 bits per heavy atom. The van der Waals surface area contributed by atoms with E-state index >= 15 is 0 Å². The molecule has 0 spiro atoms. The maximum atomic E-state index is 11.7. The second kappa shape index (κ2) is 7.45. The number of rotatable bonds is 8. The molecule has 124 valence electrons. The molecule has 5 heteroatoms. The van der Waals surface area contributed by atoms with Crippen LogP contribution in [0.3, 0.4) is 0 Å². The van der Waals surface area contributed by atoms with Crippen LogP contribution in [-0.4, -0.2) is 42.5 Å². The van der Waals surface area contributed by atoms with Crippen LogP contribution in [0.15, 0.2) is 0 Å². The van der Waals surface area contributed by atoms with Crippen molar-refractivity contribution in [1.29, 1.82) is 0 Å². The van der Waals surface area contributed by atoms with Crippen molar-refractivity contribution >= 4 is 6.09 Å². The smallest absolute Gasteiger partial charge is 0.407 e. The first kappa shape index (κ1) is 18.2. The molecule has 1 aliphatic rings. The summed E-state index contributed by atoms with van der Waals surface area (Å²) in [5, 5.41) is 15.8. The molecule has 0 aliphatic heterocycles. The molecule has 0 radical (unpaired) electrons. The fourth-order valence-electron chi connectivity index (χ4n) is 2.08. The zero-order valence-corrected chi connectivity index (χ0v) is 14.2. The summed E-state index contributed by atoms with van der Waals surface area (Å²) in [6.45, 7) is 11.2. The molecular weight excluding hydrogens is 268 g/mol. The molecule has 1 rings (SSSR count). The Bertz CT molecular complexity index is 331. The normalized spacial score (nSPS) is 19.7. The molecule has 3 N–H and O–H groups in total. The van der Waals surface area contributed by atoms with Crippen molar-refractivity contribution in [3.05, 3.63) is 0 Å². The summed E-state index contributed by atoms with van der Waals surface area (Å²) in [5.41, 5.74) is -0.566. The highest BCUT2D eigenvalue weighted by Gasteiger charge is 2.33. The molecule has 1 aliphatic carbocycles. The van der Waals surface area contributed by atoms with Crippen LogP contribution < -0.4 is 10.6 Å². The minimum absolute atomic E-state index is 0.0982. The van der Waals surface area contributed by atoms with E-state index < -0.39 is 5.60 Å². The minimum atomic E-state index is -0.468. The Hall–Kier alpha value is -0.810. The van der Waals surface area contributed by atoms with Crippen LogP contribution in [0, 0.1) is 11.3 Å². The van der Waals surface area contributed by atoms with Gasteiger partial charge in [-0.15, -0.1) is 0 Å². The second-order valence-corrected chi connectivity index (χ2v) is 7.53. The summed E-state index contributed by atoms with van der Waals surface area (Å²) >= 11 is 0. The Morgan fingerprint density at radius 3 is 2.38 bits per heavy atom. The Labute approximate surface area is 128 Å². The number of hydrogen-bond donors (Lipinski definition) is 3. The highest BCUT2D eigenvalue weighted by Crippen LogP contribution is 2.33. The number of carbonyl (C=O) groups excluding carboxylic acids is 1. The predicted molar refractivity (Wildman–Crippen MR) is 84.2 cm³/mol. The number of carbonyl (C=O) groups is 1. The van der Waals surface area contributed by atoms with E-state index in [1.165, 1.54) is 12.8 Å². The zero-order chi connectivity index (χ0) is 16.1. The lowest BCUT2D eigenvalue weighted by molar-refractivity contribution is 0.0518.